The predicted molar refractivity (Wildman–Crippen MR) is 108 cm³/mol. The van der Waals surface area contributed by atoms with Gasteiger partial charge >= 0.3 is 0 Å². The highest BCUT2D eigenvalue weighted by atomic mass is 16.2. The first-order valence-corrected chi connectivity index (χ1v) is 9.92. The lowest BCUT2D eigenvalue weighted by Gasteiger charge is -2.17. The highest BCUT2D eigenvalue weighted by Crippen LogP contribution is 2.24. The summed E-state index contributed by atoms with van der Waals surface area (Å²) < 4.78 is 2.31. The molecule has 0 radical (unpaired) electrons. The number of anilines is 1. The fourth-order valence-electron chi connectivity index (χ4n) is 3.37. The standard InChI is InChI=1S/C21H30N4O2/c1-21(2,3)20(27)22-12-7-9-19(26)23-15-10-11-17-16(14-15)24-18-8-5-4-6-13-25(17)18/h10-11,14H,4-9,12-13H2,1-3H3,(H,22,27)(H,23,26). The van der Waals surface area contributed by atoms with E-state index in [1.807, 2.05) is 32.9 Å². The molecule has 0 bridgehead atoms. The molecular weight excluding hydrogens is 340 g/mol. The largest absolute Gasteiger partial charge is 0.356 e. The van der Waals surface area contributed by atoms with Crippen molar-refractivity contribution in [1.82, 2.24) is 14.9 Å². The van der Waals surface area contributed by atoms with Crippen LogP contribution >= 0.6 is 0 Å². The zero-order chi connectivity index (χ0) is 19.4. The molecule has 0 spiro atoms. The van der Waals surface area contributed by atoms with Crippen LogP contribution in [0.2, 0.25) is 0 Å². The van der Waals surface area contributed by atoms with Crippen LogP contribution in [0.3, 0.4) is 0 Å². The van der Waals surface area contributed by atoms with E-state index >= 15 is 0 Å². The number of carbonyl (C=O) groups excluding carboxylic acids is 2. The second-order valence-electron chi connectivity index (χ2n) is 8.35. The summed E-state index contributed by atoms with van der Waals surface area (Å²) in [5.74, 6) is 1.12. The molecule has 2 N–H and O–H groups in total. The molecule has 0 saturated heterocycles. The van der Waals surface area contributed by atoms with Gasteiger partial charge < -0.3 is 15.2 Å². The van der Waals surface area contributed by atoms with Gasteiger partial charge in [-0.1, -0.05) is 27.2 Å². The molecule has 3 rings (SSSR count). The van der Waals surface area contributed by atoms with Gasteiger partial charge in [0.1, 0.15) is 5.82 Å². The fraction of sp³-hybridized carbons (Fsp3) is 0.571. The van der Waals surface area contributed by atoms with Crippen LogP contribution in [-0.2, 0) is 22.6 Å². The van der Waals surface area contributed by atoms with E-state index in [1.165, 1.54) is 19.3 Å². The maximum absolute atomic E-state index is 12.2. The van der Waals surface area contributed by atoms with E-state index in [1.54, 1.807) is 0 Å². The molecule has 0 atom stereocenters. The Morgan fingerprint density at radius 3 is 2.78 bits per heavy atom. The van der Waals surface area contributed by atoms with Crippen LogP contribution in [0.25, 0.3) is 11.0 Å². The van der Waals surface area contributed by atoms with Crippen LogP contribution in [0.4, 0.5) is 5.69 Å². The Kier molecular flexibility index (Phi) is 5.82. The molecule has 6 heteroatoms. The molecule has 0 saturated carbocycles. The minimum Gasteiger partial charge on any atom is -0.356 e. The van der Waals surface area contributed by atoms with E-state index in [2.05, 4.69) is 21.3 Å². The van der Waals surface area contributed by atoms with Crippen LogP contribution < -0.4 is 10.6 Å². The quantitative estimate of drug-likeness (QED) is 0.789. The van der Waals surface area contributed by atoms with Crippen molar-refractivity contribution in [3.63, 3.8) is 0 Å². The average Bonchev–Trinajstić information content (AvgIpc) is 2.78. The van der Waals surface area contributed by atoms with Crippen LogP contribution in [0.1, 0.15) is 58.7 Å². The number of aromatic nitrogens is 2. The molecule has 2 heterocycles. The number of hydrogen-bond donors (Lipinski definition) is 2. The Labute approximate surface area is 160 Å². The number of amides is 2. The number of benzene rings is 1. The fourth-order valence-corrected chi connectivity index (χ4v) is 3.37. The third kappa shape index (κ3) is 4.87. The molecule has 146 valence electrons. The van der Waals surface area contributed by atoms with E-state index < -0.39 is 5.41 Å². The summed E-state index contributed by atoms with van der Waals surface area (Å²) in [6.45, 7) is 7.16. The Morgan fingerprint density at radius 2 is 2.00 bits per heavy atom. The van der Waals surface area contributed by atoms with Crippen molar-refractivity contribution >= 4 is 28.5 Å². The number of hydrogen-bond acceptors (Lipinski definition) is 3. The molecule has 2 amide bonds. The van der Waals surface area contributed by atoms with E-state index in [0.717, 1.165) is 35.5 Å². The van der Waals surface area contributed by atoms with E-state index in [0.29, 0.717) is 19.4 Å². The number of rotatable bonds is 5. The van der Waals surface area contributed by atoms with Crippen molar-refractivity contribution in [2.24, 2.45) is 5.41 Å². The van der Waals surface area contributed by atoms with Crippen molar-refractivity contribution in [2.75, 3.05) is 11.9 Å². The van der Waals surface area contributed by atoms with Crippen LogP contribution in [0.5, 0.6) is 0 Å². The van der Waals surface area contributed by atoms with Gasteiger partial charge in [0.05, 0.1) is 11.0 Å². The number of nitrogens with one attached hydrogen (secondary N) is 2. The Bertz CT molecular complexity index is 833. The summed E-state index contributed by atoms with van der Waals surface area (Å²) in [6, 6.07) is 5.95. The topological polar surface area (TPSA) is 76.0 Å². The van der Waals surface area contributed by atoms with E-state index in [9.17, 15) is 9.59 Å². The molecule has 0 fully saturated rings. The third-order valence-corrected chi connectivity index (χ3v) is 4.94. The van der Waals surface area contributed by atoms with Gasteiger partial charge in [0, 0.05) is 37.0 Å². The summed E-state index contributed by atoms with van der Waals surface area (Å²) in [6.07, 6.45) is 5.67. The van der Waals surface area contributed by atoms with Gasteiger partial charge in [-0.15, -0.1) is 0 Å². The first kappa shape index (κ1) is 19.4. The van der Waals surface area contributed by atoms with Gasteiger partial charge in [-0.3, -0.25) is 9.59 Å². The molecule has 1 aliphatic rings. The first-order chi connectivity index (χ1) is 12.8. The summed E-state index contributed by atoms with van der Waals surface area (Å²) in [4.78, 5) is 28.8. The molecule has 1 aromatic heterocycles. The summed E-state index contributed by atoms with van der Waals surface area (Å²) in [5, 5.41) is 5.81. The second-order valence-corrected chi connectivity index (χ2v) is 8.35. The highest BCUT2D eigenvalue weighted by molar-refractivity contribution is 5.93. The van der Waals surface area contributed by atoms with Crippen molar-refractivity contribution in [1.29, 1.82) is 0 Å². The second kappa shape index (κ2) is 8.11. The predicted octanol–water partition coefficient (Wildman–Crippen LogP) is 3.64. The highest BCUT2D eigenvalue weighted by Gasteiger charge is 2.20. The van der Waals surface area contributed by atoms with Crippen LogP contribution in [0.15, 0.2) is 18.2 Å². The zero-order valence-corrected chi connectivity index (χ0v) is 16.6. The van der Waals surface area contributed by atoms with E-state index in [4.69, 9.17) is 4.98 Å². The molecule has 0 aliphatic carbocycles. The first-order valence-electron chi connectivity index (χ1n) is 9.92. The SMILES string of the molecule is CC(C)(C)C(=O)NCCCC(=O)Nc1ccc2c(c1)nc1n2CCCCC1. The average molecular weight is 370 g/mol. The molecule has 2 aromatic rings. The molecule has 1 aromatic carbocycles. The van der Waals surface area contributed by atoms with Gasteiger partial charge in [-0.05, 0) is 37.5 Å². The Hall–Kier alpha value is -2.37. The Balaban J connectivity index is 1.54. The van der Waals surface area contributed by atoms with Gasteiger partial charge in [0.2, 0.25) is 11.8 Å². The number of nitrogens with zero attached hydrogens (tertiary/aromatic N) is 2. The number of fused-ring (bicyclic) bond motifs is 3. The lowest BCUT2D eigenvalue weighted by Crippen LogP contribution is -2.35. The normalized spacial score (nSPS) is 14.5. The monoisotopic (exact) mass is 370 g/mol. The molecule has 0 unspecified atom stereocenters. The third-order valence-electron chi connectivity index (χ3n) is 4.94. The van der Waals surface area contributed by atoms with E-state index in [-0.39, 0.29) is 11.8 Å². The van der Waals surface area contributed by atoms with Gasteiger partial charge in [-0.2, -0.15) is 0 Å². The van der Waals surface area contributed by atoms with Crippen molar-refractivity contribution in [3.8, 4) is 0 Å². The van der Waals surface area contributed by atoms with Gasteiger partial charge in [0.25, 0.3) is 0 Å². The van der Waals surface area contributed by atoms with Crippen LogP contribution in [-0.4, -0.2) is 27.9 Å². The van der Waals surface area contributed by atoms with Crippen LogP contribution in [0, 0.1) is 5.41 Å². The Morgan fingerprint density at radius 1 is 1.19 bits per heavy atom. The number of imidazole rings is 1. The maximum atomic E-state index is 12.2. The minimum absolute atomic E-state index is 0.00732. The lowest BCUT2D eigenvalue weighted by atomic mass is 9.96. The van der Waals surface area contributed by atoms with Gasteiger partial charge in [0.15, 0.2) is 0 Å². The van der Waals surface area contributed by atoms with Gasteiger partial charge in [-0.25, -0.2) is 4.98 Å². The molecule has 27 heavy (non-hydrogen) atoms. The summed E-state index contributed by atoms with van der Waals surface area (Å²) in [7, 11) is 0. The number of carbonyl (C=O) groups is 2. The van der Waals surface area contributed by atoms with Crippen molar-refractivity contribution < 1.29 is 9.59 Å². The maximum Gasteiger partial charge on any atom is 0.225 e. The smallest absolute Gasteiger partial charge is 0.225 e. The lowest BCUT2D eigenvalue weighted by molar-refractivity contribution is -0.128. The summed E-state index contributed by atoms with van der Waals surface area (Å²) >= 11 is 0. The number of aryl methyl sites for hydroxylation is 2. The molecular formula is C21H30N4O2. The molecule has 1 aliphatic heterocycles. The summed E-state index contributed by atoms with van der Waals surface area (Å²) in [5.41, 5.74) is 2.47. The zero-order valence-electron chi connectivity index (χ0n) is 16.6. The van der Waals surface area contributed by atoms with Crippen molar-refractivity contribution in [3.05, 3.63) is 24.0 Å². The molecule has 6 nitrogen and oxygen atoms in total. The van der Waals surface area contributed by atoms with Crippen molar-refractivity contribution in [2.45, 2.75) is 65.8 Å². The minimum atomic E-state index is -0.402.